The van der Waals surface area contributed by atoms with Crippen molar-refractivity contribution in [1.82, 2.24) is 0 Å². The lowest BCUT2D eigenvalue weighted by atomic mass is 10.4. The van der Waals surface area contributed by atoms with Gasteiger partial charge in [-0.15, -0.1) is 5.57 Å². The van der Waals surface area contributed by atoms with Crippen LogP contribution in [0, 0.1) is 0 Å². The van der Waals surface area contributed by atoms with Gasteiger partial charge >= 0.3 is 0 Å². The second-order valence-corrected chi connectivity index (χ2v) is 4.74. The number of hydrogen-bond donors (Lipinski definition) is 0. The Kier molecular flexibility index (Phi) is 3.01. The summed E-state index contributed by atoms with van der Waals surface area (Å²) in [4.78, 5) is 0. The molecule has 0 aliphatic carbocycles. The third-order valence-corrected chi connectivity index (χ3v) is 1.73. The van der Waals surface area contributed by atoms with Crippen molar-refractivity contribution in [3.05, 3.63) is 11.3 Å². The molecule has 0 fully saturated rings. The number of hydrogen-bond acceptors (Lipinski definition) is 0. The van der Waals surface area contributed by atoms with E-state index in [1.807, 2.05) is 0 Å². The van der Waals surface area contributed by atoms with Gasteiger partial charge < -0.3 is 8.80 Å². The maximum Gasteiger partial charge on any atom is -0.0471 e. The number of rotatable bonds is 1. The molecular formula is C6H13Si-. The Labute approximate surface area is 47.9 Å². The highest BCUT2D eigenvalue weighted by Crippen LogP contribution is 1.90. The molecule has 0 bridgehead atoms. The predicted octanol–water partition coefficient (Wildman–Crippen LogP) is 2.25. The van der Waals surface area contributed by atoms with E-state index in [2.05, 4.69) is 32.6 Å². The second-order valence-electron chi connectivity index (χ2n) is 2.30. The van der Waals surface area contributed by atoms with E-state index in [9.17, 15) is 0 Å². The number of allylic oxidation sites excluding steroid dienone is 1. The Morgan fingerprint density at radius 3 is 1.71 bits per heavy atom. The maximum absolute atomic E-state index is 2.35. The van der Waals surface area contributed by atoms with Crippen LogP contribution < -0.4 is 0 Å². The molecule has 0 unspecified atom stereocenters. The molecule has 0 nitrogen and oxygen atoms in total. The first-order valence-electron chi connectivity index (χ1n) is 2.58. The Morgan fingerprint density at radius 1 is 1.29 bits per heavy atom. The molecule has 0 atom stereocenters. The molecule has 0 aromatic carbocycles. The zero-order chi connectivity index (χ0) is 5.86. The van der Waals surface area contributed by atoms with Gasteiger partial charge in [0.05, 0.1) is 0 Å². The van der Waals surface area contributed by atoms with Gasteiger partial charge in [0, 0.05) is 0 Å². The van der Waals surface area contributed by atoms with Crippen LogP contribution in [0.5, 0.6) is 0 Å². The molecule has 1 heteroatoms. The van der Waals surface area contributed by atoms with Gasteiger partial charge in [0.15, 0.2) is 0 Å². The fourth-order valence-corrected chi connectivity index (χ4v) is 1.73. The third-order valence-electron chi connectivity index (χ3n) is 0.577. The molecule has 0 aromatic heterocycles. The smallest absolute Gasteiger partial charge is 0.0471 e. The molecule has 7 heavy (non-hydrogen) atoms. The van der Waals surface area contributed by atoms with Gasteiger partial charge in [-0.3, -0.25) is 0 Å². The fourth-order valence-electron chi connectivity index (χ4n) is 0.577. The molecular weight excluding hydrogens is 100 g/mol. The third kappa shape index (κ3) is 5.96. The Hall–Kier alpha value is -0.0431. The largest absolute Gasteiger partial charge is 0.301 e. The van der Waals surface area contributed by atoms with E-state index in [1.54, 1.807) is 0 Å². The summed E-state index contributed by atoms with van der Waals surface area (Å²) in [6.07, 6.45) is 0. The van der Waals surface area contributed by atoms with Crippen LogP contribution in [0.2, 0.25) is 13.1 Å². The summed E-state index contributed by atoms with van der Waals surface area (Å²) in [5, 5.41) is 0. The topological polar surface area (TPSA) is 0 Å². The molecule has 0 spiro atoms. The Morgan fingerprint density at radius 2 is 1.71 bits per heavy atom. The summed E-state index contributed by atoms with van der Waals surface area (Å²) < 4.78 is 0. The van der Waals surface area contributed by atoms with E-state index >= 15 is 0 Å². The van der Waals surface area contributed by atoms with E-state index in [-0.39, 0.29) is 8.80 Å². The Bertz CT molecular complexity index is 68.2. The van der Waals surface area contributed by atoms with Crippen molar-refractivity contribution >= 4 is 8.80 Å². The molecule has 0 aliphatic rings. The van der Waals surface area contributed by atoms with Gasteiger partial charge in [-0.2, -0.15) is 13.1 Å². The lowest BCUT2D eigenvalue weighted by Gasteiger charge is -2.09. The predicted molar refractivity (Wildman–Crippen MR) is 36.9 cm³/mol. The summed E-state index contributed by atoms with van der Waals surface area (Å²) in [6.45, 7) is 8.88. The molecule has 0 rings (SSSR count). The first kappa shape index (κ1) is 6.96. The molecule has 0 aromatic rings. The Balaban J connectivity index is 3.45. The lowest BCUT2D eigenvalue weighted by Crippen LogP contribution is -1.93. The minimum Gasteiger partial charge on any atom is -0.301 e. The normalized spacial score (nSPS) is 8.00. The van der Waals surface area contributed by atoms with Crippen LogP contribution in [0.4, 0.5) is 0 Å². The highest BCUT2D eigenvalue weighted by Gasteiger charge is 1.68. The molecule has 0 radical (unpaired) electrons. The van der Waals surface area contributed by atoms with Crippen LogP contribution >= 0.6 is 0 Å². The highest BCUT2D eigenvalue weighted by atomic mass is 28.3. The second kappa shape index (κ2) is 3.02. The van der Waals surface area contributed by atoms with E-state index < -0.39 is 0 Å². The summed E-state index contributed by atoms with van der Waals surface area (Å²) >= 11 is 0. The molecule has 0 saturated heterocycles. The molecule has 0 N–H and O–H groups in total. The van der Waals surface area contributed by atoms with Crippen molar-refractivity contribution in [2.45, 2.75) is 26.9 Å². The monoisotopic (exact) mass is 113 g/mol. The van der Waals surface area contributed by atoms with E-state index in [0.29, 0.717) is 0 Å². The molecule has 0 amide bonds. The van der Waals surface area contributed by atoms with Crippen molar-refractivity contribution < 1.29 is 0 Å². The van der Waals surface area contributed by atoms with Crippen LogP contribution in [-0.2, 0) is 0 Å². The first-order valence-corrected chi connectivity index (χ1v) is 5.15. The average molecular weight is 113 g/mol. The van der Waals surface area contributed by atoms with Crippen molar-refractivity contribution in [2.24, 2.45) is 0 Å². The van der Waals surface area contributed by atoms with E-state index in [1.165, 1.54) is 5.57 Å². The van der Waals surface area contributed by atoms with E-state index in [0.717, 1.165) is 0 Å². The maximum atomic E-state index is 2.35. The zero-order valence-electron chi connectivity index (χ0n) is 5.58. The molecule has 0 saturated carbocycles. The molecule has 0 heterocycles. The summed E-state index contributed by atoms with van der Waals surface area (Å²) in [7, 11) is -0.0962. The van der Waals surface area contributed by atoms with Gasteiger partial charge in [-0.25, -0.2) is 5.70 Å². The average Bonchev–Trinajstić information content (AvgIpc) is 1.27. The highest BCUT2D eigenvalue weighted by molar-refractivity contribution is 6.61. The van der Waals surface area contributed by atoms with Crippen LogP contribution in [0.15, 0.2) is 11.3 Å². The van der Waals surface area contributed by atoms with Crippen molar-refractivity contribution in [1.29, 1.82) is 0 Å². The quantitative estimate of drug-likeness (QED) is 0.457. The van der Waals surface area contributed by atoms with Crippen LogP contribution in [0.25, 0.3) is 0 Å². The van der Waals surface area contributed by atoms with E-state index in [4.69, 9.17) is 0 Å². The van der Waals surface area contributed by atoms with Crippen LogP contribution in [-0.4, -0.2) is 8.80 Å². The van der Waals surface area contributed by atoms with Crippen LogP contribution in [0.3, 0.4) is 0 Å². The van der Waals surface area contributed by atoms with Gasteiger partial charge in [0.2, 0.25) is 0 Å². The molecule has 0 aliphatic heterocycles. The standard InChI is InChI=1S/C6H13Si/c1-6(2)5-7(3)4/h5H,1-4H3/q-1. The fraction of sp³-hybridized carbons (Fsp3) is 0.667. The first-order chi connectivity index (χ1) is 3.13. The lowest BCUT2D eigenvalue weighted by molar-refractivity contribution is 1.41. The van der Waals surface area contributed by atoms with Crippen molar-refractivity contribution in [2.75, 3.05) is 0 Å². The van der Waals surface area contributed by atoms with Crippen molar-refractivity contribution in [3.63, 3.8) is 0 Å². The van der Waals surface area contributed by atoms with Gasteiger partial charge in [0.25, 0.3) is 0 Å². The van der Waals surface area contributed by atoms with Gasteiger partial charge in [-0.05, 0) is 13.8 Å². The minimum absolute atomic E-state index is 0.0962. The SMILES string of the molecule is CC(C)=C[Si-](C)C. The summed E-state index contributed by atoms with van der Waals surface area (Å²) in [6, 6.07) is 0. The summed E-state index contributed by atoms with van der Waals surface area (Å²) in [5.41, 5.74) is 3.81. The van der Waals surface area contributed by atoms with Gasteiger partial charge in [-0.1, -0.05) is 0 Å². The minimum atomic E-state index is -0.0962. The van der Waals surface area contributed by atoms with Crippen LogP contribution in [0.1, 0.15) is 13.8 Å². The zero-order valence-corrected chi connectivity index (χ0v) is 6.58. The molecule has 42 valence electrons. The van der Waals surface area contributed by atoms with Gasteiger partial charge in [0.1, 0.15) is 0 Å². The summed E-state index contributed by atoms with van der Waals surface area (Å²) in [5.74, 6) is 0. The van der Waals surface area contributed by atoms with Crippen molar-refractivity contribution in [3.8, 4) is 0 Å².